The molecule has 56 valence electrons. The second-order valence-corrected chi connectivity index (χ2v) is 2.13. The van der Waals surface area contributed by atoms with E-state index in [-0.39, 0.29) is 5.83 Å². The fraction of sp³-hybridized carbons (Fsp3) is 0.333. The zero-order valence-corrected chi connectivity index (χ0v) is 6.36. The van der Waals surface area contributed by atoms with Gasteiger partial charge in [-0.25, -0.2) is 4.39 Å². The molecule has 0 aromatic carbocycles. The molecule has 0 unspecified atom stereocenters. The zero-order chi connectivity index (χ0) is 7.98. The van der Waals surface area contributed by atoms with Crippen molar-refractivity contribution in [2.24, 2.45) is 0 Å². The van der Waals surface area contributed by atoms with Gasteiger partial charge in [0.2, 0.25) is 0 Å². The predicted molar refractivity (Wildman–Crippen MR) is 43.4 cm³/mol. The van der Waals surface area contributed by atoms with Crippen molar-refractivity contribution in [3.05, 3.63) is 36.7 Å². The van der Waals surface area contributed by atoms with Gasteiger partial charge >= 0.3 is 0 Å². The molecule has 0 amide bonds. The normalized spacial score (nSPS) is 16.2. The van der Waals surface area contributed by atoms with Crippen LogP contribution in [0.15, 0.2) is 36.7 Å². The van der Waals surface area contributed by atoms with Crippen LogP contribution in [0.4, 0.5) is 4.39 Å². The molecular weight excluding hydrogens is 127 g/mol. The first-order valence-electron chi connectivity index (χ1n) is 3.31. The van der Waals surface area contributed by atoms with Gasteiger partial charge in [0.1, 0.15) is 5.83 Å². The van der Waals surface area contributed by atoms with E-state index in [2.05, 4.69) is 13.2 Å². The number of hydrogen-bond donors (Lipinski definition) is 0. The van der Waals surface area contributed by atoms with Crippen LogP contribution in [0.5, 0.6) is 0 Å². The van der Waals surface area contributed by atoms with Crippen LogP contribution in [0.25, 0.3) is 0 Å². The molecule has 0 radical (unpaired) electrons. The second kappa shape index (κ2) is 4.98. The van der Waals surface area contributed by atoms with Crippen molar-refractivity contribution in [2.45, 2.75) is 19.8 Å². The average molecular weight is 140 g/mol. The van der Waals surface area contributed by atoms with Crippen molar-refractivity contribution in [1.29, 1.82) is 0 Å². The summed E-state index contributed by atoms with van der Waals surface area (Å²) in [5, 5.41) is 0. The lowest BCUT2D eigenvalue weighted by Gasteiger charge is -2.02. The van der Waals surface area contributed by atoms with Crippen LogP contribution < -0.4 is 0 Å². The minimum Gasteiger partial charge on any atom is -0.212 e. The molecule has 0 nitrogen and oxygen atoms in total. The van der Waals surface area contributed by atoms with E-state index in [1.165, 1.54) is 5.57 Å². The van der Waals surface area contributed by atoms with E-state index >= 15 is 0 Å². The Morgan fingerprint density at radius 2 is 1.90 bits per heavy atom. The van der Waals surface area contributed by atoms with Gasteiger partial charge in [-0.15, -0.1) is 13.2 Å². The Hall–Kier alpha value is -0.850. The first-order chi connectivity index (χ1) is 4.79. The minimum absolute atomic E-state index is 0.00981. The Kier molecular flexibility index (Phi) is 4.55. The number of halogens is 1. The van der Waals surface area contributed by atoms with Crippen LogP contribution in [-0.2, 0) is 0 Å². The number of allylic oxidation sites excluding steroid dienone is 4. The third-order valence-corrected chi connectivity index (χ3v) is 1.31. The highest BCUT2D eigenvalue weighted by molar-refractivity contribution is 5.18. The first kappa shape index (κ1) is 9.15. The van der Waals surface area contributed by atoms with Gasteiger partial charge in [-0.1, -0.05) is 11.6 Å². The smallest absolute Gasteiger partial charge is 0.100 e. The molecule has 1 rings (SSSR count). The van der Waals surface area contributed by atoms with Gasteiger partial charge in [0, 0.05) is 6.42 Å². The van der Waals surface area contributed by atoms with E-state index in [0.717, 1.165) is 6.42 Å². The molecule has 0 saturated carbocycles. The monoisotopic (exact) mass is 140 g/mol. The van der Waals surface area contributed by atoms with Gasteiger partial charge in [0.15, 0.2) is 0 Å². The predicted octanol–water partition coefficient (Wildman–Crippen LogP) is 3.38. The summed E-state index contributed by atoms with van der Waals surface area (Å²) in [6.07, 6.45) is 4.86. The summed E-state index contributed by atoms with van der Waals surface area (Å²) < 4.78 is 12.2. The largest absolute Gasteiger partial charge is 0.212 e. The van der Waals surface area contributed by atoms with Crippen LogP contribution in [0, 0.1) is 0 Å². The molecular formula is C9H13F. The molecule has 0 bridgehead atoms. The van der Waals surface area contributed by atoms with E-state index < -0.39 is 0 Å². The topological polar surface area (TPSA) is 0 Å². The molecule has 1 heteroatoms. The fourth-order valence-electron chi connectivity index (χ4n) is 0.716. The van der Waals surface area contributed by atoms with Crippen LogP contribution in [0.2, 0.25) is 0 Å². The lowest BCUT2D eigenvalue weighted by molar-refractivity contribution is 0.582. The zero-order valence-electron chi connectivity index (χ0n) is 6.36. The first-order valence-corrected chi connectivity index (χ1v) is 3.31. The molecule has 0 fully saturated rings. The summed E-state index contributed by atoms with van der Waals surface area (Å²) in [5.74, 6) is 0.00981. The molecule has 0 saturated heterocycles. The van der Waals surface area contributed by atoms with E-state index in [0.29, 0.717) is 6.42 Å². The van der Waals surface area contributed by atoms with Crippen molar-refractivity contribution in [2.75, 3.05) is 0 Å². The molecule has 0 aliphatic heterocycles. The van der Waals surface area contributed by atoms with Crippen molar-refractivity contribution >= 4 is 0 Å². The number of hydrogen-bond acceptors (Lipinski definition) is 0. The third kappa shape index (κ3) is 3.23. The molecule has 0 atom stereocenters. The van der Waals surface area contributed by atoms with E-state index in [4.69, 9.17) is 0 Å². The standard InChI is InChI=1S/C7H9F.C2H4/c1-6-2-4-7(8)5-3-6;1-2/h2,4H,3,5H2,1H3;1-2H2. The summed E-state index contributed by atoms with van der Waals surface area (Å²) in [5.41, 5.74) is 1.27. The molecule has 10 heavy (non-hydrogen) atoms. The maximum absolute atomic E-state index is 12.2. The SMILES string of the molecule is C=C.CC1=CC=C(F)CC1. The Labute approximate surface area is 61.8 Å². The summed E-state index contributed by atoms with van der Waals surface area (Å²) in [4.78, 5) is 0. The van der Waals surface area contributed by atoms with Crippen LogP contribution in [-0.4, -0.2) is 0 Å². The average Bonchev–Trinajstić information content (AvgIpc) is 2.00. The second-order valence-electron chi connectivity index (χ2n) is 2.13. The van der Waals surface area contributed by atoms with Gasteiger partial charge in [0.25, 0.3) is 0 Å². The van der Waals surface area contributed by atoms with Crippen molar-refractivity contribution < 1.29 is 4.39 Å². The van der Waals surface area contributed by atoms with Crippen molar-refractivity contribution in [3.63, 3.8) is 0 Å². The van der Waals surface area contributed by atoms with E-state index in [1.807, 2.05) is 13.0 Å². The maximum Gasteiger partial charge on any atom is 0.100 e. The Bertz CT molecular complexity index is 136. The molecule has 1 aliphatic carbocycles. The maximum atomic E-state index is 12.2. The van der Waals surface area contributed by atoms with Gasteiger partial charge in [-0.3, -0.25) is 0 Å². The van der Waals surface area contributed by atoms with E-state index in [9.17, 15) is 4.39 Å². The highest BCUT2D eigenvalue weighted by Gasteiger charge is 1.99. The van der Waals surface area contributed by atoms with Gasteiger partial charge < -0.3 is 0 Å². The summed E-state index contributed by atoms with van der Waals surface area (Å²) in [6.45, 7) is 8.02. The molecule has 0 spiro atoms. The summed E-state index contributed by atoms with van der Waals surface area (Å²) in [6, 6.07) is 0. The highest BCUT2D eigenvalue weighted by Crippen LogP contribution is 2.17. The molecule has 0 aromatic heterocycles. The highest BCUT2D eigenvalue weighted by atomic mass is 19.1. The Morgan fingerprint density at radius 3 is 2.20 bits per heavy atom. The molecule has 0 N–H and O–H groups in total. The Morgan fingerprint density at radius 1 is 1.30 bits per heavy atom. The third-order valence-electron chi connectivity index (χ3n) is 1.31. The van der Waals surface area contributed by atoms with Crippen LogP contribution in [0.3, 0.4) is 0 Å². The summed E-state index contributed by atoms with van der Waals surface area (Å²) in [7, 11) is 0. The quantitative estimate of drug-likeness (QED) is 0.452. The Balaban J connectivity index is 0.000000371. The van der Waals surface area contributed by atoms with Crippen LogP contribution >= 0.6 is 0 Å². The van der Waals surface area contributed by atoms with Gasteiger partial charge in [0.05, 0.1) is 0 Å². The van der Waals surface area contributed by atoms with Crippen molar-refractivity contribution in [3.8, 4) is 0 Å². The van der Waals surface area contributed by atoms with E-state index in [1.54, 1.807) is 6.08 Å². The van der Waals surface area contributed by atoms with Crippen molar-refractivity contribution in [1.82, 2.24) is 0 Å². The number of rotatable bonds is 0. The molecule has 1 aliphatic rings. The lowest BCUT2D eigenvalue weighted by Crippen LogP contribution is -1.84. The van der Waals surface area contributed by atoms with Crippen LogP contribution in [0.1, 0.15) is 19.8 Å². The lowest BCUT2D eigenvalue weighted by atomic mass is 10.1. The van der Waals surface area contributed by atoms with Gasteiger partial charge in [-0.05, 0) is 19.4 Å². The summed E-state index contributed by atoms with van der Waals surface area (Å²) >= 11 is 0. The van der Waals surface area contributed by atoms with Gasteiger partial charge in [-0.2, -0.15) is 0 Å². The fourth-order valence-corrected chi connectivity index (χ4v) is 0.716. The molecule has 0 heterocycles. The molecule has 0 aromatic rings. The minimum atomic E-state index is 0.00981.